The van der Waals surface area contributed by atoms with Crippen molar-refractivity contribution >= 4 is 22.3 Å². The number of hydrogen-bond acceptors (Lipinski definition) is 3. The Kier molecular flexibility index (Phi) is 5.31. The first-order chi connectivity index (χ1) is 7.86. The van der Waals surface area contributed by atoms with Crippen LogP contribution in [-0.2, 0) is 11.0 Å². The molecule has 1 aromatic heterocycles. The predicted octanol–water partition coefficient (Wildman–Crippen LogP) is 2.34. The molecule has 0 amide bonds. The smallest absolute Gasteiger partial charge is 0.137 e. The fourth-order valence-corrected chi connectivity index (χ4v) is 3.75. The molecule has 0 spiro atoms. The number of thiophene rings is 1. The largest absolute Gasteiger partial charge is 0.315 e. The van der Waals surface area contributed by atoms with Crippen molar-refractivity contribution in [3.8, 4) is 0 Å². The molecule has 1 N–H and O–H groups in total. The number of nitrogens with one attached hydrogen (secondary N) is 1. The van der Waals surface area contributed by atoms with Gasteiger partial charge in [0.1, 0.15) is 15.2 Å². The number of nitrogens with zero attached hydrogens (tertiary/aromatic N) is 1. The molecule has 1 aromatic rings. The molecule has 0 radical (unpaired) electrons. The molecule has 98 valence electrons. The molecule has 0 bridgehead atoms. The summed E-state index contributed by atoms with van der Waals surface area (Å²) in [6, 6.07) is 4.17. The molecule has 0 aliphatic heterocycles. The summed E-state index contributed by atoms with van der Waals surface area (Å²) in [4.78, 5) is 0. The molecule has 17 heavy (non-hydrogen) atoms. The molecule has 5 heteroatoms. The predicted molar refractivity (Wildman–Crippen MR) is 75.7 cm³/mol. The minimum absolute atomic E-state index is 0.155. The summed E-state index contributed by atoms with van der Waals surface area (Å²) < 4.78 is 15.0. The zero-order valence-corrected chi connectivity index (χ0v) is 12.8. The molecule has 2 unspecified atom stereocenters. The van der Waals surface area contributed by atoms with E-state index in [1.807, 2.05) is 35.9 Å². The standard InChI is InChI=1S/C12H22N2OS2/c1-12(2,3)10(13-4)9-14(5)17(15)11-7-6-8-16-11/h6-8,10,13H,9H2,1-5H3. The molecular weight excluding hydrogens is 252 g/mol. The fourth-order valence-electron chi connectivity index (χ4n) is 1.64. The Morgan fingerprint density at radius 3 is 2.59 bits per heavy atom. The molecular formula is C12H22N2OS2. The lowest BCUT2D eigenvalue weighted by Crippen LogP contribution is -2.46. The average Bonchev–Trinajstić information content (AvgIpc) is 2.75. The summed E-state index contributed by atoms with van der Waals surface area (Å²) in [7, 11) is 2.82. The van der Waals surface area contributed by atoms with Crippen molar-refractivity contribution in [2.45, 2.75) is 31.0 Å². The van der Waals surface area contributed by atoms with Crippen LogP contribution in [0.1, 0.15) is 20.8 Å². The summed E-state index contributed by atoms with van der Waals surface area (Å²) >= 11 is 1.54. The molecule has 3 nitrogen and oxygen atoms in total. The van der Waals surface area contributed by atoms with E-state index in [0.717, 1.165) is 10.8 Å². The quantitative estimate of drug-likeness (QED) is 0.894. The van der Waals surface area contributed by atoms with Gasteiger partial charge < -0.3 is 5.32 Å². The van der Waals surface area contributed by atoms with Gasteiger partial charge in [-0.15, -0.1) is 11.3 Å². The number of likely N-dealkylation sites (N-methyl/N-ethyl adjacent to an activating group) is 2. The lowest BCUT2D eigenvalue weighted by molar-refractivity contribution is 0.249. The lowest BCUT2D eigenvalue weighted by atomic mass is 9.87. The van der Waals surface area contributed by atoms with Gasteiger partial charge in [-0.25, -0.2) is 8.51 Å². The maximum absolute atomic E-state index is 12.2. The highest BCUT2D eigenvalue weighted by Crippen LogP contribution is 2.22. The molecule has 0 fully saturated rings. The van der Waals surface area contributed by atoms with Crippen LogP contribution >= 0.6 is 11.3 Å². The molecule has 2 atom stereocenters. The van der Waals surface area contributed by atoms with Crippen LogP contribution in [0.15, 0.2) is 21.7 Å². The summed E-state index contributed by atoms with van der Waals surface area (Å²) in [6.07, 6.45) is 0. The zero-order chi connectivity index (χ0) is 13.1. The topological polar surface area (TPSA) is 32.3 Å². The van der Waals surface area contributed by atoms with Gasteiger partial charge in [0, 0.05) is 19.6 Å². The van der Waals surface area contributed by atoms with Gasteiger partial charge >= 0.3 is 0 Å². The van der Waals surface area contributed by atoms with Crippen LogP contribution in [0.25, 0.3) is 0 Å². The van der Waals surface area contributed by atoms with Crippen LogP contribution in [0.3, 0.4) is 0 Å². The zero-order valence-electron chi connectivity index (χ0n) is 11.2. The SMILES string of the molecule is CNC(CN(C)S(=O)c1cccs1)C(C)(C)C. The maximum atomic E-state index is 12.2. The first kappa shape index (κ1) is 14.8. The van der Waals surface area contributed by atoms with Gasteiger partial charge in [0.25, 0.3) is 0 Å². The van der Waals surface area contributed by atoms with Crippen molar-refractivity contribution in [3.63, 3.8) is 0 Å². The Hall–Kier alpha value is -0.230. The Bertz CT molecular complexity index is 357. The minimum Gasteiger partial charge on any atom is -0.315 e. The highest BCUT2D eigenvalue weighted by Gasteiger charge is 2.26. The van der Waals surface area contributed by atoms with E-state index in [-0.39, 0.29) is 5.41 Å². The van der Waals surface area contributed by atoms with Gasteiger partial charge in [-0.1, -0.05) is 26.8 Å². The van der Waals surface area contributed by atoms with E-state index in [0.29, 0.717) is 6.04 Å². The molecule has 1 rings (SSSR count). The van der Waals surface area contributed by atoms with Gasteiger partial charge in [-0.3, -0.25) is 0 Å². The monoisotopic (exact) mass is 274 g/mol. The van der Waals surface area contributed by atoms with E-state index >= 15 is 0 Å². The van der Waals surface area contributed by atoms with E-state index in [2.05, 4.69) is 26.1 Å². The van der Waals surface area contributed by atoms with Crippen LogP contribution in [0.2, 0.25) is 0 Å². The first-order valence-corrected chi connectivity index (χ1v) is 7.68. The van der Waals surface area contributed by atoms with Gasteiger partial charge in [0.15, 0.2) is 0 Å². The first-order valence-electron chi connectivity index (χ1n) is 5.70. The highest BCUT2D eigenvalue weighted by molar-refractivity contribution is 7.85. The van der Waals surface area contributed by atoms with Crippen LogP contribution in [0, 0.1) is 5.41 Å². The third-order valence-electron chi connectivity index (χ3n) is 2.78. The average molecular weight is 274 g/mol. The van der Waals surface area contributed by atoms with E-state index in [9.17, 15) is 4.21 Å². The van der Waals surface area contributed by atoms with Crippen LogP contribution < -0.4 is 5.32 Å². The van der Waals surface area contributed by atoms with E-state index in [1.54, 1.807) is 0 Å². The van der Waals surface area contributed by atoms with Crippen molar-refractivity contribution in [2.24, 2.45) is 5.41 Å². The van der Waals surface area contributed by atoms with Crippen LogP contribution in [0.4, 0.5) is 0 Å². The fraction of sp³-hybridized carbons (Fsp3) is 0.667. The number of rotatable bonds is 5. The molecule has 0 saturated carbocycles. The molecule has 0 aromatic carbocycles. The second kappa shape index (κ2) is 6.09. The molecule has 1 heterocycles. The van der Waals surface area contributed by atoms with Crippen molar-refractivity contribution in [3.05, 3.63) is 17.5 Å². The van der Waals surface area contributed by atoms with Gasteiger partial charge in [0.2, 0.25) is 0 Å². The molecule has 0 aliphatic carbocycles. The van der Waals surface area contributed by atoms with Crippen molar-refractivity contribution in [1.29, 1.82) is 0 Å². The second-order valence-corrected chi connectivity index (χ2v) is 7.97. The maximum Gasteiger partial charge on any atom is 0.137 e. The summed E-state index contributed by atoms with van der Waals surface area (Å²) in [5.41, 5.74) is 0.155. The Morgan fingerprint density at radius 2 is 2.18 bits per heavy atom. The lowest BCUT2D eigenvalue weighted by Gasteiger charge is -2.33. The van der Waals surface area contributed by atoms with Crippen molar-refractivity contribution < 1.29 is 4.21 Å². The highest BCUT2D eigenvalue weighted by atomic mass is 32.2. The van der Waals surface area contributed by atoms with Gasteiger partial charge in [0.05, 0.1) is 0 Å². The molecule has 0 aliphatic rings. The number of hydrogen-bond donors (Lipinski definition) is 1. The Labute approximate surface area is 111 Å². The van der Waals surface area contributed by atoms with E-state index < -0.39 is 11.0 Å². The van der Waals surface area contributed by atoms with Crippen molar-refractivity contribution in [2.75, 3.05) is 20.6 Å². The van der Waals surface area contributed by atoms with Gasteiger partial charge in [-0.05, 0) is 23.9 Å². The Morgan fingerprint density at radius 1 is 1.53 bits per heavy atom. The summed E-state index contributed by atoms with van der Waals surface area (Å²) in [6.45, 7) is 7.34. The summed E-state index contributed by atoms with van der Waals surface area (Å²) in [5, 5.41) is 5.26. The van der Waals surface area contributed by atoms with Crippen LogP contribution in [-0.4, -0.2) is 35.2 Å². The third-order valence-corrected chi connectivity index (χ3v) is 5.36. The third kappa shape index (κ3) is 4.17. The van der Waals surface area contributed by atoms with Crippen molar-refractivity contribution in [1.82, 2.24) is 9.62 Å². The van der Waals surface area contributed by atoms with Crippen LogP contribution in [0.5, 0.6) is 0 Å². The van der Waals surface area contributed by atoms with Gasteiger partial charge in [-0.2, -0.15) is 0 Å². The van der Waals surface area contributed by atoms with E-state index in [4.69, 9.17) is 0 Å². The Balaban J connectivity index is 2.65. The van der Waals surface area contributed by atoms with E-state index in [1.165, 1.54) is 11.3 Å². The molecule has 0 saturated heterocycles. The minimum atomic E-state index is -1.04. The summed E-state index contributed by atoms with van der Waals surface area (Å²) in [5.74, 6) is 0. The normalized spacial score (nSPS) is 16.1. The second-order valence-electron chi connectivity index (χ2n) is 5.20.